The third kappa shape index (κ3) is 11.2. The summed E-state index contributed by atoms with van der Waals surface area (Å²) in [5.74, 6) is -3.82. The lowest BCUT2D eigenvalue weighted by Gasteiger charge is -2.24. The van der Waals surface area contributed by atoms with Crippen molar-refractivity contribution in [3.8, 4) is 17.1 Å². The van der Waals surface area contributed by atoms with E-state index in [2.05, 4.69) is 54.8 Å². The van der Waals surface area contributed by atoms with E-state index in [0.29, 0.717) is 18.3 Å². The number of nitrogens with zero attached hydrogens (tertiary/aromatic N) is 4. The van der Waals surface area contributed by atoms with E-state index in [1.54, 1.807) is 6.20 Å². The Hall–Kier alpha value is -3.44. The Kier molecular flexibility index (Phi) is 11.9. The van der Waals surface area contributed by atoms with Crippen LogP contribution in [-0.2, 0) is 9.59 Å². The van der Waals surface area contributed by atoms with E-state index in [0.717, 1.165) is 40.2 Å². The Morgan fingerprint density at radius 2 is 1.68 bits per heavy atom. The van der Waals surface area contributed by atoms with E-state index >= 15 is 0 Å². The molecule has 1 fully saturated rings. The lowest BCUT2D eigenvalue weighted by molar-refractivity contribution is -0.193. The van der Waals surface area contributed by atoms with Crippen molar-refractivity contribution >= 4 is 39.0 Å². The number of carbonyl (C=O) groups is 2. The first kappa shape index (κ1) is 33.8. The molecule has 3 N–H and O–H groups in total. The molecule has 0 bridgehead atoms. The fourth-order valence-electron chi connectivity index (χ4n) is 3.48. The van der Waals surface area contributed by atoms with Crippen molar-refractivity contribution < 1.29 is 50.9 Å². The molecule has 10 nitrogen and oxygen atoms in total. The summed E-state index contributed by atoms with van der Waals surface area (Å²) < 4.78 is 70.3. The molecule has 1 aliphatic rings. The highest BCUT2D eigenvalue weighted by atomic mass is 79.9. The number of hydrogen-bond acceptors (Lipinski definition) is 7. The topological polar surface area (TPSA) is 132 Å². The van der Waals surface area contributed by atoms with Gasteiger partial charge in [0.2, 0.25) is 0 Å². The van der Waals surface area contributed by atoms with Crippen LogP contribution in [0.4, 0.5) is 26.3 Å². The van der Waals surface area contributed by atoms with Crippen molar-refractivity contribution in [1.29, 1.82) is 0 Å². The number of benzene rings is 1. The second-order valence-electron chi connectivity index (χ2n) is 8.77. The number of likely N-dealkylation sites (N-methyl/N-ethyl adjacent to an activating group) is 2. The summed E-state index contributed by atoms with van der Waals surface area (Å²) in [5, 5.41) is 14.2. The van der Waals surface area contributed by atoms with Crippen molar-refractivity contribution in [2.45, 2.75) is 24.8 Å². The zero-order valence-corrected chi connectivity index (χ0v) is 23.2. The van der Waals surface area contributed by atoms with E-state index in [4.69, 9.17) is 24.5 Å². The number of nitrogens with one attached hydrogen (secondary N) is 1. The Labute approximate surface area is 238 Å². The van der Waals surface area contributed by atoms with Gasteiger partial charge in [0.05, 0.1) is 5.52 Å². The zero-order chi connectivity index (χ0) is 31.0. The molecule has 1 atom stereocenters. The molecule has 2 aromatic heterocycles. The van der Waals surface area contributed by atoms with Crippen LogP contribution < -0.4 is 4.74 Å². The van der Waals surface area contributed by atoms with Crippen LogP contribution in [0.3, 0.4) is 0 Å². The molecule has 0 spiro atoms. The van der Waals surface area contributed by atoms with Gasteiger partial charge in [-0.05, 0) is 73.3 Å². The zero-order valence-electron chi connectivity index (χ0n) is 21.6. The molecule has 1 aromatic carbocycles. The van der Waals surface area contributed by atoms with Crippen molar-refractivity contribution in [2.24, 2.45) is 0 Å². The van der Waals surface area contributed by atoms with Crippen molar-refractivity contribution in [3.05, 3.63) is 41.0 Å². The Morgan fingerprint density at radius 1 is 1.12 bits per heavy atom. The highest BCUT2D eigenvalue weighted by molar-refractivity contribution is 9.10. The van der Waals surface area contributed by atoms with Gasteiger partial charge in [-0.3, -0.25) is 4.90 Å². The highest BCUT2D eigenvalue weighted by Gasteiger charge is 2.38. The number of H-pyrrole nitrogens is 1. The van der Waals surface area contributed by atoms with Gasteiger partial charge in [-0.15, -0.1) is 0 Å². The number of aromatic amines is 1. The highest BCUT2D eigenvalue weighted by Crippen LogP contribution is 2.24. The number of rotatable bonds is 6. The maximum absolute atomic E-state index is 10.6. The van der Waals surface area contributed by atoms with E-state index < -0.39 is 24.3 Å². The number of likely N-dealkylation sites (tertiary alicyclic amines) is 1. The number of aromatic nitrogens is 3. The number of ether oxygens (including phenoxy) is 1. The number of alkyl halides is 6. The van der Waals surface area contributed by atoms with E-state index in [1.165, 1.54) is 13.0 Å². The van der Waals surface area contributed by atoms with Gasteiger partial charge < -0.3 is 24.8 Å². The van der Waals surface area contributed by atoms with Gasteiger partial charge in [-0.2, -0.15) is 26.3 Å². The van der Waals surface area contributed by atoms with Crippen LogP contribution in [0.2, 0.25) is 0 Å². The number of fused-ring (bicyclic) bond motifs is 1. The standard InChI is InChI=1S/C20H24BrN5O.2C2HF3O2/c1-25-8-7-16(13-25)26(2)9-10-27-17-5-3-14(4-6-17)19-23-18-11-15(21)12-22-20(18)24-19;2*3-2(4,5)1(6)7/h3-6,11-12,16H,7-10,13H2,1-2H3,(H,22,23,24);2*(H,6,7). The number of aliphatic carboxylic acids is 2. The van der Waals surface area contributed by atoms with Crippen LogP contribution in [0, 0.1) is 0 Å². The van der Waals surface area contributed by atoms with Crippen molar-refractivity contribution in [2.75, 3.05) is 40.3 Å². The first-order chi connectivity index (χ1) is 19.0. The fraction of sp³-hybridized carbons (Fsp3) is 0.417. The molecule has 226 valence electrons. The quantitative estimate of drug-likeness (QED) is 0.324. The van der Waals surface area contributed by atoms with Crippen LogP contribution in [0.15, 0.2) is 41.0 Å². The minimum Gasteiger partial charge on any atom is -0.492 e. The van der Waals surface area contributed by atoms with Gasteiger partial charge >= 0.3 is 24.3 Å². The Balaban J connectivity index is 0.000000349. The minimum atomic E-state index is -5.08. The van der Waals surface area contributed by atoms with Crippen molar-refractivity contribution in [3.63, 3.8) is 0 Å². The normalized spacial score (nSPS) is 15.6. The minimum absolute atomic E-state index is 0.641. The summed E-state index contributed by atoms with van der Waals surface area (Å²) in [7, 11) is 4.37. The van der Waals surface area contributed by atoms with Gasteiger partial charge in [-0.25, -0.2) is 19.6 Å². The van der Waals surface area contributed by atoms with Gasteiger partial charge in [0.15, 0.2) is 5.65 Å². The van der Waals surface area contributed by atoms with Crippen molar-refractivity contribution in [1.82, 2.24) is 24.8 Å². The number of pyridine rings is 1. The molecule has 1 saturated heterocycles. The second-order valence-corrected chi connectivity index (χ2v) is 9.69. The molecule has 1 unspecified atom stereocenters. The molecule has 0 amide bonds. The smallest absolute Gasteiger partial charge is 0.490 e. The van der Waals surface area contributed by atoms with Crippen LogP contribution in [0.1, 0.15) is 6.42 Å². The molecule has 41 heavy (non-hydrogen) atoms. The van der Waals surface area contributed by atoms with Gasteiger partial charge in [0.1, 0.15) is 18.2 Å². The lowest BCUT2D eigenvalue weighted by atomic mass is 10.2. The number of carboxylic acids is 2. The third-order valence-corrected chi connectivity index (χ3v) is 6.05. The fourth-order valence-corrected chi connectivity index (χ4v) is 3.81. The maximum atomic E-state index is 10.6. The molecule has 4 rings (SSSR count). The van der Waals surface area contributed by atoms with Crippen LogP contribution in [0.25, 0.3) is 22.6 Å². The molecular formula is C24H26BrF6N5O5. The van der Waals surface area contributed by atoms with Crippen LogP contribution in [-0.4, -0.2) is 106 Å². The Bertz CT molecular complexity index is 1280. The summed E-state index contributed by atoms with van der Waals surface area (Å²) in [6.07, 6.45) is -7.17. The number of imidazole rings is 1. The Morgan fingerprint density at radius 3 is 2.17 bits per heavy atom. The lowest BCUT2D eigenvalue weighted by Crippen LogP contribution is -2.36. The second kappa shape index (κ2) is 14.5. The molecule has 17 heteroatoms. The van der Waals surface area contributed by atoms with Gasteiger partial charge in [-0.1, -0.05) is 0 Å². The summed E-state index contributed by atoms with van der Waals surface area (Å²) in [4.78, 5) is 34.8. The summed E-state index contributed by atoms with van der Waals surface area (Å²) in [6.45, 7) is 3.96. The maximum Gasteiger partial charge on any atom is 0.490 e. The largest absolute Gasteiger partial charge is 0.492 e. The summed E-state index contributed by atoms with van der Waals surface area (Å²) in [6, 6.07) is 10.7. The average Bonchev–Trinajstić information content (AvgIpc) is 3.50. The monoisotopic (exact) mass is 657 g/mol. The van der Waals surface area contributed by atoms with Gasteiger partial charge in [0, 0.05) is 35.4 Å². The van der Waals surface area contributed by atoms with Crippen LogP contribution >= 0.6 is 15.9 Å². The summed E-state index contributed by atoms with van der Waals surface area (Å²) in [5.41, 5.74) is 2.65. The molecule has 0 radical (unpaired) electrons. The first-order valence-electron chi connectivity index (χ1n) is 11.7. The predicted molar refractivity (Wildman–Crippen MR) is 138 cm³/mol. The SMILES string of the molecule is CN1CCC(N(C)CCOc2ccc(-c3nc4ncc(Br)cc4[nH]3)cc2)C1.O=C(O)C(F)(F)F.O=C(O)C(F)(F)F. The molecular weight excluding hydrogens is 632 g/mol. The summed E-state index contributed by atoms with van der Waals surface area (Å²) >= 11 is 3.43. The number of carboxylic acid groups (broad SMARTS) is 2. The number of halogens is 7. The van der Waals surface area contributed by atoms with E-state index in [1.807, 2.05) is 30.3 Å². The molecule has 1 aliphatic heterocycles. The van der Waals surface area contributed by atoms with E-state index in [-0.39, 0.29) is 0 Å². The van der Waals surface area contributed by atoms with E-state index in [9.17, 15) is 26.3 Å². The molecule has 0 saturated carbocycles. The molecule has 0 aliphatic carbocycles. The molecule has 3 heterocycles. The average molecular weight is 658 g/mol. The number of hydrogen-bond donors (Lipinski definition) is 3. The third-order valence-electron chi connectivity index (χ3n) is 5.62. The first-order valence-corrected chi connectivity index (χ1v) is 12.5. The predicted octanol–water partition coefficient (Wildman–Crippen LogP) is 4.67. The van der Waals surface area contributed by atoms with Crippen LogP contribution in [0.5, 0.6) is 5.75 Å². The molecule has 3 aromatic rings. The van der Waals surface area contributed by atoms with Gasteiger partial charge in [0.25, 0.3) is 0 Å².